The second kappa shape index (κ2) is 15.1. The van der Waals surface area contributed by atoms with Crippen LogP contribution in [0.25, 0.3) is 0 Å². The number of hydrogen-bond acceptors (Lipinski definition) is 8. The second-order valence-electron chi connectivity index (χ2n) is 14.9. The Labute approximate surface area is 282 Å². The average Bonchev–Trinajstić information content (AvgIpc) is 3.65. The molecule has 3 saturated carbocycles. The zero-order valence-corrected chi connectivity index (χ0v) is 28.6. The third kappa shape index (κ3) is 8.03. The summed E-state index contributed by atoms with van der Waals surface area (Å²) in [5, 5.41) is 11.3. The first kappa shape index (κ1) is 35.4. The first-order valence-corrected chi connectivity index (χ1v) is 17.7. The Bertz CT molecular complexity index is 1380. The molecule has 5 amide bonds. The van der Waals surface area contributed by atoms with Gasteiger partial charge in [0, 0.05) is 25.0 Å². The average molecular weight is 666 g/mol. The van der Waals surface area contributed by atoms with Crippen LogP contribution >= 0.6 is 0 Å². The van der Waals surface area contributed by atoms with E-state index >= 15 is 0 Å². The van der Waals surface area contributed by atoms with Gasteiger partial charge in [-0.2, -0.15) is 0 Å². The highest BCUT2D eigenvalue weighted by Gasteiger charge is 2.52. The molecule has 0 aromatic carbocycles. The van der Waals surface area contributed by atoms with Crippen LogP contribution in [0.2, 0.25) is 0 Å². The van der Waals surface area contributed by atoms with Crippen molar-refractivity contribution in [3.63, 3.8) is 0 Å². The number of likely N-dealkylation sites (tertiary alicyclic amines) is 1. The number of Topliss-reactive ketones (excluding diaryl/α,β-unsaturated/α-hetero) is 1. The Morgan fingerprint density at radius 3 is 2.29 bits per heavy atom. The number of amides is 5. The van der Waals surface area contributed by atoms with Gasteiger partial charge in [0.05, 0.1) is 12.2 Å². The molecular formula is C35H51N7O6. The molecule has 48 heavy (non-hydrogen) atoms. The first-order valence-electron chi connectivity index (χ1n) is 17.7. The van der Waals surface area contributed by atoms with E-state index in [2.05, 4.69) is 31.2 Å². The number of hydrogen-bond donors (Lipinski definition) is 4. The van der Waals surface area contributed by atoms with Gasteiger partial charge in [0.1, 0.15) is 23.8 Å². The van der Waals surface area contributed by atoms with Gasteiger partial charge in [-0.15, -0.1) is 0 Å². The molecule has 0 radical (unpaired) electrons. The summed E-state index contributed by atoms with van der Waals surface area (Å²) >= 11 is 0. The van der Waals surface area contributed by atoms with Crippen LogP contribution in [0.3, 0.4) is 0 Å². The van der Waals surface area contributed by atoms with Crippen molar-refractivity contribution in [1.29, 1.82) is 0 Å². The monoisotopic (exact) mass is 665 g/mol. The van der Waals surface area contributed by atoms with E-state index < -0.39 is 59.0 Å². The standard InChI is InChI=1S/C35H51N7O6/c1-5-35(3,4)29(41-31(45)26(21-10-7-6-8-11-21)40-30(44)25-18-36-16-17-37-25)34(48)42-19-22-12-9-13-24(22)27(42)32(46)38-20(2)28(43)33(47)39-23-14-15-23/h16-18,20-24,26-27,29H,5-15,19H2,1-4H3,(H,38,46)(H,39,47)(H,40,44)(H,41,45)/t20?,22-,24-,26-,27-,29?/m0/s1. The van der Waals surface area contributed by atoms with Gasteiger partial charge in [0.15, 0.2) is 0 Å². The maximum absolute atomic E-state index is 14.6. The normalized spacial score (nSPS) is 24.5. The molecule has 0 spiro atoms. The molecule has 13 heteroatoms. The minimum atomic E-state index is -1.05. The quantitative estimate of drug-likeness (QED) is 0.231. The molecule has 2 heterocycles. The summed E-state index contributed by atoms with van der Waals surface area (Å²) in [4.78, 5) is 90.7. The summed E-state index contributed by atoms with van der Waals surface area (Å²) in [5.74, 6) is -3.29. The van der Waals surface area contributed by atoms with E-state index in [1.807, 2.05) is 20.8 Å². The Hall–Kier alpha value is -3.90. The lowest BCUT2D eigenvalue weighted by Crippen LogP contribution is -2.62. The van der Waals surface area contributed by atoms with Crippen LogP contribution < -0.4 is 21.3 Å². The summed E-state index contributed by atoms with van der Waals surface area (Å²) in [5.41, 5.74) is -0.593. The van der Waals surface area contributed by atoms with Crippen molar-refractivity contribution >= 4 is 35.3 Å². The number of rotatable bonds is 13. The van der Waals surface area contributed by atoms with E-state index in [4.69, 9.17) is 0 Å². The molecular weight excluding hydrogens is 614 g/mol. The van der Waals surface area contributed by atoms with Crippen LogP contribution in [0.15, 0.2) is 18.6 Å². The van der Waals surface area contributed by atoms with Crippen LogP contribution in [0, 0.1) is 23.2 Å². The minimum absolute atomic E-state index is 0.0126. The largest absolute Gasteiger partial charge is 0.347 e. The van der Waals surface area contributed by atoms with Crippen molar-refractivity contribution in [2.45, 2.75) is 129 Å². The SMILES string of the molecule is CCC(C)(C)C(NC(=O)[C@@H](NC(=O)c1cnccn1)C1CCCCC1)C(=O)N1C[C@@H]2CCC[C@@H]2[C@H]1C(=O)NC(C)C(=O)C(=O)NC1CC1. The van der Waals surface area contributed by atoms with E-state index in [0.717, 1.165) is 64.2 Å². The van der Waals surface area contributed by atoms with Crippen LogP contribution in [-0.4, -0.2) is 86.9 Å². The number of ketones is 1. The number of nitrogens with one attached hydrogen (secondary N) is 4. The van der Waals surface area contributed by atoms with E-state index in [1.54, 1.807) is 4.90 Å². The molecule has 13 nitrogen and oxygen atoms in total. The molecule has 4 N–H and O–H groups in total. The Morgan fingerprint density at radius 2 is 1.65 bits per heavy atom. The minimum Gasteiger partial charge on any atom is -0.347 e. The molecule has 2 unspecified atom stereocenters. The fourth-order valence-corrected chi connectivity index (χ4v) is 7.60. The zero-order valence-electron chi connectivity index (χ0n) is 28.6. The van der Waals surface area contributed by atoms with Gasteiger partial charge >= 0.3 is 0 Å². The van der Waals surface area contributed by atoms with E-state index in [0.29, 0.717) is 13.0 Å². The van der Waals surface area contributed by atoms with Crippen LogP contribution in [0.4, 0.5) is 0 Å². The summed E-state index contributed by atoms with van der Waals surface area (Å²) in [7, 11) is 0. The lowest BCUT2D eigenvalue weighted by atomic mass is 9.79. The number of carbonyl (C=O) groups is 6. The van der Waals surface area contributed by atoms with Gasteiger partial charge < -0.3 is 26.2 Å². The molecule has 3 aliphatic carbocycles. The van der Waals surface area contributed by atoms with Gasteiger partial charge in [-0.05, 0) is 75.0 Å². The number of carbonyl (C=O) groups excluding carboxylic acids is 6. The van der Waals surface area contributed by atoms with Crippen LogP contribution in [0.1, 0.15) is 109 Å². The summed E-state index contributed by atoms with van der Waals surface area (Å²) in [6.07, 6.45) is 13.5. The lowest BCUT2D eigenvalue weighted by Gasteiger charge is -2.39. The molecule has 4 aliphatic rings. The highest BCUT2D eigenvalue weighted by molar-refractivity contribution is 6.38. The van der Waals surface area contributed by atoms with Gasteiger partial charge in [0.25, 0.3) is 11.8 Å². The zero-order chi connectivity index (χ0) is 34.6. The molecule has 1 aromatic heterocycles. The van der Waals surface area contributed by atoms with Crippen molar-refractivity contribution in [2.24, 2.45) is 23.2 Å². The Kier molecular flexibility index (Phi) is 11.1. The Morgan fingerprint density at radius 1 is 0.917 bits per heavy atom. The number of fused-ring (bicyclic) bond motifs is 1. The molecule has 0 bridgehead atoms. The fraction of sp³-hybridized carbons (Fsp3) is 0.714. The molecule has 4 fully saturated rings. The number of nitrogens with zero attached hydrogens (tertiary/aromatic N) is 3. The number of aromatic nitrogens is 2. The van der Waals surface area contributed by atoms with Crippen molar-refractivity contribution < 1.29 is 28.8 Å². The molecule has 1 saturated heterocycles. The van der Waals surface area contributed by atoms with Crippen LogP contribution in [-0.2, 0) is 24.0 Å². The van der Waals surface area contributed by atoms with Crippen molar-refractivity contribution in [3.05, 3.63) is 24.3 Å². The maximum atomic E-state index is 14.6. The predicted octanol–water partition coefficient (Wildman–Crippen LogP) is 2.06. The van der Waals surface area contributed by atoms with Gasteiger partial charge in [-0.3, -0.25) is 33.8 Å². The smallest absolute Gasteiger partial charge is 0.289 e. The van der Waals surface area contributed by atoms with Gasteiger partial charge in [-0.25, -0.2) is 4.98 Å². The summed E-state index contributed by atoms with van der Waals surface area (Å²) in [6.45, 7) is 7.63. The molecule has 6 atom stereocenters. The first-order chi connectivity index (χ1) is 22.9. The topological polar surface area (TPSA) is 180 Å². The van der Waals surface area contributed by atoms with E-state index in [1.165, 1.54) is 25.5 Å². The molecule has 5 rings (SSSR count). The van der Waals surface area contributed by atoms with Crippen molar-refractivity contribution in [3.8, 4) is 0 Å². The predicted molar refractivity (Wildman–Crippen MR) is 176 cm³/mol. The van der Waals surface area contributed by atoms with Crippen molar-refractivity contribution in [1.82, 2.24) is 36.1 Å². The highest BCUT2D eigenvalue weighted by atomic mass is 16.2. The molecule has 1 aromatic rings. The highest BCUT2D eigenvalue weighted by Crippen LogP contribution is 2.43. The molecule has 1 aliphatic heterocycles. The second-order valence-corrected chi connectivity index (χ2v) is 14.9. The van der Waals surface area contributed by atoms with Crippen molar-refractivity contribution in [2.75, 3.05) is 6.54 Å². The van der Waals surface area contributed by atoms with Crippen LogP contribution in [0.5, 0.6) is 0 Å². The Balaban J connectivity index is 1.36. The maximum Gasteiger partial charge on any atom is 0.289 e. The lowest BCUT2D eigenvalue weighted by molar-refractivity contribution is -0.146. The van der Waals surface area contributed by atoms with E-state index in [9.17, 15) is 28.8 Å². The third-order valence-corrected chi connectivity index (χ3v) is 11.0. The van der Waals surface area contributed by atoms with Gasteiger partial charge in [0.2, 0.25) is 23.5 Å². The summed E-state index contributed by atoms with van der Waals surface area (Å²) in [6, 6.07) is -3.73. The molecule has 262 valence electrons. The third-order valence-electron chi connectivity index (χ3n) is 11.0. The fourth-order valence-electron chi connectivity index (χ4n) is 7.60. The van der Waals surface area contributed by atoms with E-state index in [-0.39, 0.29) is 35.4 Å². The van der Waals surface area contributed by atoms with Gasteiger partial charge in [-0.1, -0.05) is 46.5 Å². The summed E-state index contributed by atoms with van der Waals surface area (Å²) < 4.78 is 0.